The zero-order chi connectivity index (χ0) is 14.0. The highest BCUT2D eigenvalue weighted by Gasteiger charge is 2.19. The fourth-order valence-corrected chi connectivity index (χ4v) is 2.29. The lowest BCUT2D eigenvalue weighted by molar-refractivity contribution is 0.599. The third-order valence-electron chi connectivity index (χ3n) is 3.00. The molecule has 0 bridgehead atoms. The molecular weight excluding hydrogens is 270 g/mol. The molecule has 0 heterocycles. The van der Waals surface area contributed by atoms with Crippen molar-refractivity contribution in [1.82, 2.24) is 5.43 Å². The molecule has 1 unspecified atom stereocenters. The van der Waals surface area contributed by atoms with Gasteiger partial charge in [-0.15, -0.1) is 0 Å². The van der Waals surface area contributed by atoms with Gasteiger partial charge in [-0.2, -0.15) is 0 Å². The van der Waals surface area contributed by atoms with E-state index < -0.39 is 11.9 Å². The fourth-order valence-electron chi connectivity index (χ4n) is 2.05. The maximum Gasteiger partial charge on any atom is 0.142 e. The van der Waals surface area contributed by atoms with Crippen molar-refractivity contribution in [3.8, 4) is 0 Å². The van der Waals surface area contributed by atoms with Gasteiger partial charge in [-0.1, -0.05) is 29.8 Å². The van der Waals surface area contributed by atoms with Crippen LogP contribution >= 0.6 is 11.6 Å². The molecule has 2 aromatic carbocycles. The Kier molecular flexibility index (Phi) is 4.14. The summed E-state index contributed by atoms with van der Waals surface area (Å²) in [7, 11) is 0. The van der Waals surface area contributed by atoms with Crippen molar-refractivity contribution in [2.75, 3.05) is 0 Å². The molecule has 0 aliphatic carbocycles. The zero-order valence-electron chi connectivity index (χ0n) is 10.3. The molecule has 3 N–H and O–H groups in total. The highest BCUT2D eigenvalue weighted by Crippen LogP contribution is 2.31. The first-order chi connectivity index (χ1) is 9.04. The molecule has 2 nitrogen and oxygen atoms in total. The van der Waals surface area contributed by atoms with Crippen LogP contribution in [0.2, 0.25) is 5.02 Å². The molecule has 5 heteroatoms. The van der Waals surface area contributed by atoms with Crippen molar-refractivity contribution in [1.29, 1.82) is 0 Å². The van der Waals surface area contributed by atoms with Crippen molar-refractivity contribution >= 4 is 11.6 Å². The van der Waals surface area contributed by atoms with Gasteiger partial charge in [0.1, 0.15) is 11.6 Å². The Morgan fingerprint density at radius 1 is 1.16 bits per heavy atom. The van der Waals surface area contributed by atoms with E-state index in [4.69, 9.17) is 17.4 Å². The number of rotatable bonds is 3. The predicted molar refractivity (Wildman–Crippen MR) is 71.7 cm³/mol. The zero-order valence-corrected chi connectivity index (χ0v) is 11.0. The fraction of sp³-hybridized carbons (Fsp3) is 0.143. The molecule has 0 radical (unpaired) electrons. The number of benzene rings is 2. The molecule has 2 aromatic rings. The van der Waals surface area contributed by atoms with Gasteiger partial charge in [-0.25, -0.2) is 14.2 Å². The van der Waals surface area contributed by atoms with Crippen molar-refractivity contribution < 1.29 is 8.78 Å². The topological polar surface area (TPSA) is 38.0 Å². The van der Waals surface area contributed by atoms with Crippen LogP contribution in [0.25, 0.3) is 0 Å². The number of hydrogen-bond donors (Lipinski definition) is 2. The van der Waals surface area contributed by atoms with Gasteiger partial charge in [-0.05, 0) is 41.8 Å². The summed E-state index contributed by atoms with van der Waals surface area (Å²) in [6, 6.07) is 8.35. The average Bonchev–Trinajstić information content (AvgIpc) is 2.37. The first-order valence-electron chi connectivity index (χ1n) is 5.70. The summed E-state index contributed by atoms with van der Waals surface area (Å²) in [6.45, 7) is 1.76. The van der Waals surface area contributed by atoms with E-state index in [1.54, 1.807) is 25.1 Å². The summed E-state index contributed by atoms with van der Waals surface area (Å²) in [4.78, 5) is 0. The van der Waals surface area contributed by atoms with Gasteiger partial charge >= 0.3 is 0 Å². The molecule has 0 amide bonds. The number of hydrogen-bond acceptors (Lipinski definition) is 2. The number of aryl methyl sites for hydroxylation is 1. The molecule has 0 aromatic heterocycles. The summed E-state index contributed by atoms with van der Waals surface area (Å²) in [5.74, 6) is 4.69. The van der Waals surface area contributed by atoms with Gasteiger partial charge in [0.2, 0.25) is 0 Å². The normalized spacial score (nSPS) is 12.5. The van der Waals surface area contributed by atoms with Crippen LogP contribution in [0.15, 0.2) is 36.4 Å². The number of hydrazine groups is 1. The lowest BCUT2D eigenvalue weighted by atomic mass is 9.95. The molecule has 0 fully saturated rings. The van der Waals surface area contributed by atoms with Gasteiger partial charge in [-0.3, -0.25) is 5.84 Å². The Labute approximate surface area is 115 Å². The summed E-state index contributed by atoms with van der Waals surface area (Å²) in [6.07, 6.45) is 0. The lowest BCUT2D eigenvalue weighted by Crippen LogP contribution is -2.29. The van der Waals surface area contributed by atoms with Crippen LogP contribution in [0.5, 0.6) is 0 Å². The monoisotopic (exact) mass is 282 g/mol. The smallest absolute Gasteiger partial charge is 0.142 e. The molecule has 0 aliphatic rings. The van der Waals surface area contributed by atoms with E-state index in [2.05, 4.69) is 5.43 Å². The lowest BCUT2D eigenvalue weighted by Gasteiger charge is -2.20. The highest BCUT2D eigenvalue weighted by atomic mass is 35.5. The number of nitrogens with one attached hydrogen (secondary N) is 1. The molecule has 100 valence electrons. The molecule has 0 saturated carbocycles. The first-order valence-corrected chi connectivity index (χ1v) is 6.08. The molecule has 2 rings (SSSR count). The maximum atomic E-state index is 13.5. The predicted octanol–water partition coefficient (Wildman–Crippen LogP) is 3.48. The second-order valence-electron chi connectivity index (χ2n) is 4.24. The first kappa shape index (κ1) is 13.9. The van der Waals surface area contributed by atoms with Crippen LogP contribution < -0.4 is 11.3 Å². The Morgan fingerprint density at radius 2 is 1.89 bits per heavy atom. The SMILES string of the molecule is Cc1cc(F)ccc1C(NN)c1cccc(F)c1Cl. The molecule has 0 aliphatic heterocycles. The van der Waals surface area contributed by atoms with Gasteiger partial charge in [0.15, 0.2) is 0 Å². The van der Waals surface area contributed by atoms with E-state index in [1.165, 1.54) is 18.2 Å². The molecule has 1 atom stereocenters. The van der Waals surface area contributed by atoms with Gasteiger partial charge < -0.3 is 0 Å². The molecular formula is C14H13ClF2N2. The minimum Gasteiger partial charge on any atom is -0.271 e. The van der Waals surface area contributed by atoms with Crippen molar-refractivity contribution in [2.45, 2.75) is 13.0 Å². The summed E-state index contributed by atoms with van der Waals surface area (Å²) in [5.41, 5.74) is 4.56. The third kappa shape index (κ3) is 2.76. The van der Waals surface area contributed by atoms with E-state index in [1.807, 2.05) is 0 Å². The van der Waals surface area contributed by atoms with Gasteiger partial charge in [0.25, 0.3) is 0 Å². The molecule has 19 heavy (non-hydrogen) atoms. The van der Waals surface area contributed by atoms with Crippen LogP contribution in [-0.2, 0) is 0 Å². The van der Waals surface area contributed by atoms with Crippen LogP contribution in [0.3, 0.4) is 0 Å². The quantitative estimate of drug-likeness (QED) is 0.668. The third-order valence-corrected chi connectivity index (χ3v) is 3.40. The Balaban J connectivity index is 2.53. The van der Waals surface area contributed by atoms with Crippen molar-refractivity contribution in [2.24, 2.45) is 5.84 Å². The van der Waals surface area contributed by atoms with E-state index in [-0.39, 0.29) is 10.8 Å². The maximum absolute atomic E-state index is 13.5. The highest BCUT2D eigenvalue weighted by molar-refractivity contribution is 6.31. The van der Waals surface area contributed by atoms with Crippen molar-refractivity contribution in [3.63, 3.8) is 0 Å². The van der Waals surface area contributed by atoms with E-state index in [0.29, 0.717) is 11.1 Å². The van der Waals surface area contributed by atoms with Crippen LogP contribution in [0.1, 0.15) is 22.7 Å². The Bertz CT molecular complexity index is 602. The molecule has 0 spiro atoms. The van der Waals surface area contributed by atoms with Crippen LogP contribution in [0, 0.1) is 18.6 Å². The second-order valence-corrected chi connectivity index (χ2v) is 4.62. The van der Waals surface area contributed by atoms with E-state index >= 15 is 0 Å². The minimum absolute atomic E-state index is 0.00850. The largest absolute Gasteiger partial charge is 0.271 e. The van der Waals surface area contributed by atoms with Gasteiger partial charge in [0.05, 0.1) is 11.1 Å². The van der Waals surface area contributed by atoms with Crippen LogP contribution in [-0.4, -0.2) is 0 Å². The van der Waals surface area contributed by atoms with Gasteiger partial charge in [0, 0.05) is 0 Å². The Morgan fingerprint density at radius 3 is 2.53 bits per heavy atom. The number of nitrogens with two attached hydrogens (primary N) is 1. The summed E-state index contributed by atoms with van der Waals surface area (Å²) < 4.78 is 26.6. The second kappa shape index (κ2) is 5.65. The number of halogens is 3. The average molecular weight is 283 g/mol. The molecule has 0 saturated heterocycles. The summed E-state index contributed by atoms with van der Waals surface area (Å²) in [5, 5.41) is 0.00850. The minimum atomic E-state index is -0.515. The van der Waals surface area contributed by atoms with E-state index in [9.17, 15) is 8.78 Å². The standard InChI is InChI=1S/C14H13ClF2N2/c1-8-7-9(16)5-6-10(8)14(19-18)11-3-2-4-12(17)13(11)15/h2-7,14,19H,18H2,1H3. The van der Waals surface area contributed by atoms with Crippen LogP contribution in [0.4, 0.5) is 8.78 Å². The summed E-state index contributed by atoms with van der Waals surface area (Å²) >= 11 is 5.96. The Hall–Kier alpha value is -1.49. The van der Waals surface area contributed by atoms with Crippen molar-refractivity contribution in [3.05, 3.63) is 69.7 Å². The van der Waals surface area contributed by atoms with E-state index in [0.717, 1.165) is 5.56 Å².